The standard InChI is InChI=1S/C19H14F2N4O2S2/c20-12-2-1-3-13(21)16(12)17(27)14-6-11-18(22-9-23-19(11)29-14)25-24-7-15-10(8-26)4-5-28-15/h1-7,9,17,26-27H,8H2,(H,22,23,25). The molecule has 3 heterocycles. The topological polar surface area (TPSA) is 90.6 Å². The largest absolute Gasteiger partial charge is 0.392 e. The lowest BCUT2D eigenvalue weighted by atomic mass is 10.1. The molecule has 3 N–H and O–H groups in total. The van der Waals surface area contributed by atoms with Crippen molar-refractivity contribution < 1.29 is 19.0 Å². The number of halogens is 2. The predicted molar refractivity (Wildman–Crippen MR) is 109 cm³/mol. The molecule has 0 fully saturated rings. The van der Waals surface area contributed by atoms with Crippen LogP contribution in [0.15, 0.2) is 47.1 Å². The van der Waals surface area contributed by atoms with E-state index < -0.39 is 23.3 Å². The second-order valence-electron chi connectivity index (χ2n) is 5.97. The maximum absolute atomic E-state index is 14.0. The van der Waals surface area contributed by atoms with E-state index in [9.17, 15) is 19.0 Å². The van der Waals surface area contributed by atoms with Crippen LogP contribution in [-0.4, -0.2) is 26.4 Å². The first-order chi connectivity index (χ1) is 14.1. The van der Waals surface area contributed by atoms with Crippen molar-refractivity contribution in [2.45, 2.75) is 12.7 Å². The summed E-state index contributed by atoms with van der Waals surface area (Å²) in [5, 5.41) is 26.3. The van der Waals surface area contributed by atoms with Gasteiger partial charge in [-0.1, -0.05) is 6.07 Å². The summed E-state index contributed by atoms with van der Waals surface area (Å²) in [6.07, 6.45) is 1.44. The van der Waals surface area contributed by atoms with Crippen molar-refractivity contribution in [3.8, 4) is 0 Å². The Morgan fingerprint density at radius 1 is 1.21 bits per heavy atom. The Morgan fingerprint density at radius 3 is 2.76 bits per heavy atom. The van der Waals surface area contributed by atoms with Gasteiger partial charge in [0.2, 0.25) is 0 Å². The van der Waals surface area contributed by atoms with E-state index in [1.54, 1.807) is 12.3 Å². The first kappa shape index (κ1) is 19.5. The minimum absolute atomic E-state index is 0.0824. The minimum Gasteiger partial charge on any atom is -0.392 e. The highest BCUT2D eigenvalue weighted by Gasteiger charge is 2.22. The second kappa shape index (κ2) is 8.29. The number of thiophene rings is 2. The van der Waals surface area contributed by atoms with Gasteiger partial charge in [-0.3, -0.25) is 5.43 Å². The van der Waals surface area contributed by atoms with Crippen LogP contribution in [0.1, 0.15) is 27.0 Å². The zero-order valence-corrected chi connectivity index (χ0v) is 16.3. The summed E-state index contributed by atoms with van der Waals surface area (Å²) < 4.78 is 28.0. The minimum atomic E-state index is -1.47. The number of hydrogen-bond donors (Lipinski definition) is 3. The fraction of sp³-hybridized carbons (Fsp3) is 0.105. The average Bonchev–Trinajstić information content (AvgIpc) is 3.34. The van der Waals surface area contributed by atoms with Gasteiger partial charge in [-0.25, -0.2) is 18.7 Å². The van der Waals surface area contributed by atoms with Crippen LogP contribution in [-0.2, 0) is 6.61 Å². The Balaban J connectivity index is 1.63. The molecule has 29 heavy (non-hydrogen) atoms. The molecule has 1 aromatic carbocycles. The lowest BCUT2D eigenvalue weighted by Gasteiger charge is -2.10. The molecule has 0 amide bonds. The normalized spacial score (nSPS) is 12.7. The Kier molecular flexibility index (Phi) is 5.58. The Labute approximate surface area is 171 Å². The maximum Gasteiger partial charge on any atom is 0.158 e. The van der Waals surface area contributed by atoms with Gasteiger partial charge < -0.3 is 10.2 Å². The van der Waals surface area contributed by atoms with Crippen LogP contribution in [0.3, 0.4) is 0 Å². The van der Waals surface area contributed by atoms with E-state index in [-0.39, 0.29) is 6.61 Å². The molecule has 6 nitrogen and oxygen atoms in total. The average molecular weight is 432 g/mol. The van der Waals surface area contributed by atoms with Crippen LogP contribution in [0.4, 0.5) is 14.6 Å². The molecule has 148 valence electrons. The van der Waals surface area contributed by atoms with Crippen molar-refractivity contribution >= 4 is 44.9 Å². The van der Waals surface area contributed by atoms with Crippen molar-refractivity contribution in [2.24, 2.45) is 5.10 Å². The summed E-state index contributed by atoms with van der Waals surface area (Å²) in [5.41, 5.74) is 3.17. The van der Waals surface area contributed by atoms with Crippen LogP contribution in [0, 0.1) is 11.6 Å². The first-order valence-corrected chi connectivity index (χ1v) is 10.1. The SMILES string of the molecule is OCc1ccsc1C=NNc1ncnc2sc(C(O)c3c(F)cccc3F)cc12. The van der Waals surface area contributed by atoms with Crippen molar-refractivity contribution in [3.63, 3.8) is 0 Å². The van der Waals surface area contributed by atoms with E-state index >= 15 is 0 Å². The number of anilines is 1. The third kappa shape index (κ3) is 3.87. The molecule has 0 aliphatic rings. The smallest absolute Gasteiger partial charge is 0.158 e. The van der Waals surface area contributed by atoms with Gasteiger partial charge in [-0.2, -0.15) is 5.10 Å². The molecule has 0 aliphatic carbocycles. The van der Waals surface area contributed by atoms with Gasteiger partial charge in [0, 0.05) is 4.88 Å². The monoisotopic (exact) mass is 432 g/mol. The van der Waals surface area contributed by atoms with E-state index in [4.69, 9.17) is 0 Å². The molecule has 0 spiro atoms. The summed E-state index contributed by atoms with van der Waals surface area (Å²) in [7, 11) is 0. The van der Waals surface area contributed by atoms with Crippen LogP contribution in [0.25, 0.3) is 10.2 Å². The van der Waals surface area contributed by atoms with Gasteiger partial charge in [0.1, 0.15) is 28.9 Å². The van der Waals surface area contributed by atoms with E-state index in [2.05, 4.69) is 20.5 Å². The van der Waals surface area contributed by atoms with Crippen molar-refractivity contribution in [1.29, 1.82) is 0 Å². The van der Waals surface area contributed by atoms with Crippen molar-refractivity contribution in [1.82, 2.24) is 9.97 Å². The molecule has 0 radical (unpaired) electrons. The van der Waals surface area contributed by atoms with E-state index in [0.717, 1.165) is 33.9 Å². The number of aromatic nitrogens is 2. The Hall–Kier alpha value is -2.79. The van der Waals surface area contributed by atoms with Crippen LogP contribution < -0.4 is 5.43 Å². The van der Waals surface area contributed by atoms with Crippen LogP contribution in [0.2, 0.25) is 0 Å². The lowest BCUT2D eigenvalue weighted by Crippen LogP contribution is -2.03. The number of nitrogens with one attached hydrogen (secondary N) is 1. The molecular weight excluding hydrogens is 418 g/mol. The molecule has 1 atom stereocenters. The maximum atomic E-state index is 14.0. The second-order valence-corrected chi connectivity index (χ2v) is 7.98. The number of fused-ring (bicyclic) bond motifs is 1. The fourth-order valence-corrected chi connectivity index (χ4v) is 4.53. The number of hydrogen-bond acceptors (Lipinski definition) is 8. The lowest BCUT2D eigenvalue weighted by molar-refractivity contribution is 0.213. The first-order valence-electron chi connectivity index (χ1n) is 8.41. The third-order valence-electron chi connectivity index (χ3n) is 4.19. The van der Waals surface area contributed by atoms with Gasteiger partial charge >= 0.3 is 0 Å². The summed E-state index contributed by atoms with van der Waals surface area (Å²) >= 11 is 2.55. The Morgan fingerprint density at radius 2 is 2.00 bits per heavy atom. The number of aliphatic hydroxyl groups excluding tert-OH is 2. The number of aliphatic hydroxyl groups is 2. The fourth-order valence-electron chi connectivity index (χ4n) is 2.76. The molecule has 3 aromatic heterocycles. The summed E-state index contributed by atoms with van der Waals surface area (Å²) in [6, 6.07) is 6.83. The zero-order valence-electron chi connectivity index (χ0n) is 14.7. The molecule has 4 aromatic rings. The van der Waals surface area contributed by atoms with Crippen LogP contribution >= 0.6 is 22.7 Å². The quantitative estimate of drug-likeness (QED) is 0.316. The summed E-state index contributed by atoms with van der Waals surface area (Å²) in [4.78, 5) is 9.97. The number of benzene rings is 1. The van der Waals surface area contributed by atoms with Crippen molar-refractivity contribution in [3.05, 3.63) is 74.6 Å². The third-order valence-corrected chi connectivity index (χ3v) is 6.18. The number of rotatable bonds is 6. The van der Waals surface area contributed by atoms with E-state index in [1.807, 2.05) is 11.4 Å². The molecule has 1 unspecified atom stereocenters. The highest BCUT2D eigenvalue weighted by Crippen LogP contribution is 2.36. The molecule has 0 saturated heterocycles. The molecule has 10 heteroatoms. The molecule has 0 bridgehead atoms. The van der Waals surface area contributed by atoms with Crippen molar-refractivity contribution in [2.75, 3.05) is 5.43 Å². The summed E-state index contributed by atoms with van der Waals surface area (Å²) in [6.45, 7) is -0.0824. The number of nitrogens with zero attached hydrogens (tertiary/aromatic N) is 3. The van der Waals surface area contributed by atoms with Crippen LogP contribution in [0.5, 0.6) is 0 Å². The van der Waals surface area contributed by atoms with Gasteiger partial charge in [-0.15, -0.1) is 22.7 Å². The zero-order chi connectivity index (χ0) is 20.4. The summed E-state index contributed by atoms with van der Waals surface area (Å²) in [5.74, 6) is -1.25. The highest BCUT2D eigenvalue weighted by molar-refractivity contribution is 7.18. The van der Waals surface area contributed by atoms with Gasteiger partial charge in [0.15, 0.2) is 5.82 Å². The van der Waals surface area contributed by atoms with E-state index in [0.29, 0.717) is 20.9 Å². The Bertz CT molecular complexity index is 1170. The molecular formula is C19H14F2N4O2S2. The van der Waals surface area contributed by atoms with Gasteiger partial charge in [0.25, 0.3) is 0 Å². The molecule has 0 aliphatic heterocycles. The molecule has 0 saturated carbocycles. The van der Waals surface area contributed by atoms with Gasteiger partial charge in [0.05, 0.1) is 28.6 Å². The number of hydrazone groups is 1. The molecule has 4 rings (SSSR count). The predicted octanol–water partition coefficient (Wildman–Crippen LogP) is 4.05. The van der Waals surface area contributed by atoms with Gasteiger partial charge in [-0.05, 0) is 35.2 Å². The van der Waals surface area contributed by atoms with E-state index in [1.165, 1.54) is 23.7 Å². The highest BCUT2D eigenvalue weighted by atomic mass is 32.1.